The molecule has 1 heterocycles. The first kappa shape index (κ1) is 15.0. The minimum atomic E-state index is 0.744. The summed E-state index contributed by atoms with van der Waals surface area (Å²) in [5.74, 6) is 1.54. The van der Waals surface area contributed by atoms with Crippen molar-refractivity contribution in [3.63, 3.8) is 0 Å². The van der Waals surface area contributed by atoms with Crippen molar-refractivity contribution in [2.45, 2.75) is 26.8 Å². The number of ether oxygens (including phenoxy) is 1. The monoisotopic (exact) mass is 334 g/mol. The highest BCUT2D eigenvalue weighted by molar-refractivity contribution is 9.10. The number of hydrogen-bond donors (Lipinski definition) is 1. The molecule has 0 aliphatic carbocycles. The van der Waals surface area contributed by atoms with Gasteiger partial charge in [0.15, 0.2) is 0 Å². The Morgan fingerprint density at radius 1 is 1.25 bits per heavy atom. The summed E-state index contributed by atoms with van der Waals surface area (Å²) < 4.78 is 6.77. The van der Waals surface area contributed by atoms with E-state index in [0.29, 0.717) is 0 Å². The first-order chi connectivity index (χ1) is 9.69. The van der Waals surface area contributed by atoms with Gasteiger partial charge in [0.1, 0.15) is 11.5 Å². The van der Waals surface area contributed by atoms with Gasteiger partial charge in [0.25, 0.3) is 0 Å². The lowest BCUT2D eigenvalue weighted by molar-refractivity contribution is 0.476. The molecule has 2 aromatic rings. The Labute approximate surface area is 128 Å². The number of aryl methyl sites for hydroxylation is 1. The molecule has 4 heteroatoms. The molecular weight excluding hydrogens is 316 g/mol. The van der Waals surface area contributed by atoms with Crippen LogP contribution >= 0.6 is 15.9 Å². The van der Waals surface area contributed by atoms with Crippen LogP contribution in [-0.4, -0.2) is 11.5 Å². The summed E-state index contributed by atoms with van der Waals surface area (Å²) in [7, 11) is 0. The van der Waals surface area contributed by atoms with Gasteiger partial charge >= 0.3 is 0 Å². The molecule has 0 spiro atoms. The Balaban J connectivity index is 2.03. The van der Waals surface area contributed by atoms with Gasteiger partial charge in [-0.3, -0.25) is 4.98 Å². The molecule has 0 amide bonds. The zero-order chi connectivity index (χ0) is 14.4. The standard InChI is InChI=1S/C16H19BrN2O/c1-3-8-18-10-13-5-7-16(15(17)9-13)20-14-6-4-12(2)19-11-14/h4-7,9,11,18H,3,8,10H2,1-2H3. The summed E-state index contributed by atoms with van der Waals surface area (Å²) in [5, 5.41) is 3.38. The topological polar surface area (TPSA) is 34.1 Å². The zero-order valence-corrected chi connectivity index (χ0v) is 13.4. The second-order valence-electron chi connectivity index (χ2n) is 4.68. The van der Waals surface area contributed by atoms with Crippen LogP contribution < -0.4 is 10.1 Å². The lowest BCUT2D eigenvalue weighted by Crippen LogP contribution is -2.13. The predicted octanol–water partition coefficient (Wildman–Crippen LogP) is 4.44. The van der Waals surface area contributed by atoms with Crippen molar-refractivity contribution in [1.82, 2.24) is 10.3 Å². The molecule has 0 unspecified atom stereocenters. The molecule has 3 nitrogen and oxygen atoms in total. The molecule has 1 aromatic carbocycles. The SMILES string of the molecule is CCCNCc1ccc(Oc2ccc(C)nc2)c(Br)c1. The largest absolute Gasteiger partial charge is 0.455 e. The molecule has 0 aliphatic rings. The van der Waals surface area contributed by atoms with Gasteiger partial charge in [0.05, 0.1) is 10.7 Å². The summed E-state index contributed by atoms with van der Waals surface area (Å²) in [6.45, 7) is 6.02. The smallest absolute Gasteiger partial charge is 0.145 e. The summed E-state index contributed by atoms with van der Waals surface area (Å²) in [4.78, 5) is 4.22. The third-order valence-electron chi connectivity index (χ3n) is 2.86. The van der Waals surface area contributed by atoms with Gasteiger partial charge < -0.3 is 10.1 Å². The summed E-state index contributed by atoms with van der Waals surface area (Å²) in [5.41, 5.74) is 2.22. The highest BCUT2D eigenvalue weighted by Crippen LogP contribution is 2.30. The number of nitrogens with one attached hydrogen (secondary N) is 1. The fraction of sp³-hybridized carbons (Fsp3) is 0.312. The fourth-order valence-corrected chi connectivity index (χ4v) is 2.30. The average Bonchev–Trinajstić information content (AvgIpc) is 2.44. The molecule has 106 valence electrons. The van der Waals surface area contributed by atoms with Crippen LogP contribution in [0.5, 0.6) is 11.5 Å². The number of pyridine rings is 1. The van der Waals surface area contributed by atoms with Crippen molar-refractivity contribution in [3.05, 3.63) is 52.3 Å². The van der Waals surface area contributed by atoms with Crippen molar-refractivity contribution < 1.29 is 4.74 Å². The number of hydrogen-bond acceptors (Lipinski definition) is 3. The van der Waals surface area contributed by atoms with Gasteiger partial charge in [-0.25, -0.2) is 0 Å². The van der Waals surface area contributed by atoms with E-state index in [-0.39, 0.29) is 0 Å². The molecule has 1 aromatic heterocycles. The Morgan fingerprint density at radius 3 is 2.75 bits per heavy atom. The maximum atomic E-state index is 5.81. The number of rotatable bonds is 6. The van der Waals surface area contributed by atoms with E-state index in [1.54, 1.807) is 6.20 Å². The van der Waals surface area contributed by atoms with Crippen LogP contribution in [0, 0.1) is 6.92 Å². The van der Waals surface area contributed by atoms with E-state index in [1.807, 2.05) is 25.1 Å². The van der Waals surface area contributed by atoms with Crippen molar-refractivity contribution in [2.24, 2.45) is 0 Å². The highest BCUT2D eigenvalue weighted by Gasteiger charge is 2.04. The van der Waals surface area contributed by atoms with Gasteiger partial charge in [-0.2, -0.15) is 0 Å². The normalized spacial score (nSPS) is 10.6. The van der Waals surface area contributed by atoms with E-state index >= 15 is 0 Å². The van der Waals surface area contributed by atoms with Crippen molar-refractivity contribution in [2.75, 3.05) is 6.54 Å². The van der Waals surface area contributed by atoms with Crippen molar-refractivity contribution in [3.8, 4) is 11.5 Å². The molecule has 20 heavy (non-hydrogen) atoms. The highest BCUT2D eigenvalue weighted by atomic mass is 79.9. The van der Waals surface area contributed by atoms with Gasteiger partial charge in [0.2, 0.25) is 0 Å². The van der Waals surface area contributed by atoms with Crippen molar-refractivity contribution in [1.29, 1.82) is 0 Å². The molecule has 0 atom stereocenters. The molecule has 0 radical (unpaired) electrons. The molecule has 0 bridgehead atoms. The second kappa shape index (κ2) is 7.41. The van der Waals surface area contributed by atoms with Gasteiger partial charge in [-0.05, 0) is 65.6 Å². The van der Waals surface area contributed by atoms with Crippen LogP contribution in [0.3, 0.4) is 0 Å². The van der Waals surface area contributed by atoms with Gasteiger partial charge in [-0.1, -0.05) is 13.0 Å². The van der Waals surface area contributed by atoms with Crippen LogP contribution in [0.4, 0.5) is 0 Å². The summed E-state index contributed by atoms with van der Waals surface area (Å²) in [6.07, 6.45) is 2.88. The van der Waals surface area contributed by atoms with Gasteiger partial charge in [-0.15, -0.1) is 0 Å². The molecule has 0 saturated heterocycles. The Morgan fingerprint density at radius 2 is 2.10 bits per heavy atom. The van der Waals surface area contributed by atoms with Crippen LogP contribution in [0.1, 0.15) is 24.6 Å². The van der Waals surface area contributed by atoms with E-state index in [2.05, 4.69) is 45.3 Å². The number of benzene rings is 1. The van der Waals surface area contributed by atoms with Crippen molar-refractivity contribution >= 4 is 15.9 Å². The third-order valence-corrected chi connectivity index (χ3v) is 3.48. The minimum absolute atomic E-state index is 0.744. The fourth-order valence-electron chi connectivity index (χ4n) is 1.79. The van der Waals surface area contributed by atoms with Crippen LogP contribution in [0.15, 0.2) is 41.0 Å². The molecule has 2 rings (SSSR count). The first-order valence-corrected chi connectivity index (χ1v) is 7.58. The number of aromatic nitrogens is 1. The maximum Gasteiger partial charge on any atom is 0.145 e. The van der Waals surface area contributed by atoms with Crippen LogP contribution in [0.2, 0.25) is 0 Å². The van der Waals surface area contributed by atoms with E-state index in [9.17, 15) is 0 Å². The van der Waals surface area contributed by atoms with Crippen LogP contribution in [0.25, 0.3) is 0 Å². The third kappa shape index (κ3) is 4.32. The minimum Gasteiger partial charge on any atom is -0.455 e. The molecule has 0 fully saturated rings. The first-order valence-electron chi connectivity index (χ1n) is 6.78. The average molecular weight is 335 g/mol. The summed E-state index contributed by atoms with van der Waals surface area (Å²) >= 11 is 3.55. The Bertz CT molecular complexity index is 555. The Hall–Kier alpha value is -1.39. The number of halogens is 1. The second-order valence-corrected chi connectivity index (χ2v) is 5.53. The summed E-state index contributed by atoms with van der Waals surface area (Å²) in [6, 6.07) is 9.99. The zero-order valence-electron chi connectivity index (χ0n) is 11.8. The Kier molecular flexibility index (Phi) is 5.56. The molecule has 0 saturated carbocycles. The van der Waals surface area contributed by atoms with E-state index in [1.165, 1.54) is 5.56 Å². The predicted molar refractivity (Wildman–Crippen MR) is 85.2 cm³/mol. The van der Waals surface area contributed by atoms with Gasteiger partial charge in [0, 0.05) is 12.2 Å². The molecule has 0 aliphatic heterocycles. The maximum absolute atomic E-state index is 5.81. The van der Waals surface area contributed by atoms with E-state index < -0.39 is 0 Å². The number of nitrogens with zero attached hydrogens (tertiary/aromatic N) is 1. The van der Waals surface area contributed by atoms with E-state index in [4.69, 9.17) is 4.74 Å². The van der Waals surface area contributed by atoms with E-state index in [0.717, 1.165) is 41.2 Å². The lowest BCUT2D eigenvalue weighted by Gasteiger charge is -2.10. The lowest BCUT2D eigenvalue weighted by atomic mass is 10.2. The molecule has 1 N–H and O–H groups in total. The quantitative estimate of drug-likeness (QED) is 0.792. The van der Waals surface area contributed by atoms with Crippen LogP contribution in [-0.2, 0) is 6.54 Å². The molecular formula is C16H19BrN2O.